The second kappa shape index (κ2) is 63.9. The van der Waals surface area contributed by atoms with Gasteiger partial charge < -0.3 is 141 Å². The highest BCUT2D eigenvalue weighted by molar-refractivity contribution is 6.01. The number of para-hydroxylation sites is 1. The lowest BCUT2D eigenvalue weighted by atomic mass is 9.94. The normalized spacial score (nSPS) is 15.4. The number of carbonyl (C=O) groups is 16. The summed E-state index contributed by atoms with van der Waals surface area (Å²) in [5.41, 5.74) is 47.3. The second-order valence-electron chi connectivity index (χ2n) is 34.9. The zero-order valence-electron chi connectivity index (χ0n) is 78.3. The number of H-pyrrole nitrogens is 1. The number of fused-ring (bicyclic) bond motifs is 1. The standard InChI is InChI=1S/C88H158N24O18/c1-12-53(9)72(87(129)98-55(11)75(117)100-59(74(96)116)30-16-22-36-89)112-88(130)73(54(10)13-2)111-80(122)64(35-21-27-41-94)102-78(120)61(32-18-24-38-91)103-81(123)65(42-50(3)4)106-79(121)63(34-20-26-40-93)101-77(119)62(33-19-25-39-92)104-84(126)68(45-56-47-97-58-29-15-14-28-57(56)58)108-82(124)66(43-51(5)6)107-85(127)69(48-113)110-86(128)70(49-114)109-83(125)67(44-52(7)8)105-76(118)60(31-17-23-37-90)99-71(115)46-95/h14-15,28-29,47,50-55,59-70,72-73,97,113-114H,12-13,16-27,30-46,48-49,89-95H2,1-11H3,(H2,96,116)(H,98,129)(H,99,115)(H,100,117)(H,101,119)(H,102,120)(H,103,123)(H,104,126)(H,105,118)(H,106,121)(H,107,127)(H,108,124)(H,109,125)(H,110,128)(H,111,122)(H,112,130)/t53-,54-,55-,59-,60-,61-,62-,63-,64-,65-,66-,67-,68-,69-,70-,72-,73-/m0/s1. The summed E-state index contributed by atoms with van der Waals surface area (Å²) in [6, 6.07) is -13.5. The zero-order valence-corrected chi connectivity index (χ0v) is 78.3. The molecule has 16 amide bonds. The number of nitrogens with one attached hydrogen (secondary N) is 16. The predicted octanol–water partition coefficient (Wildman–Crippen LogP) is -3.56. The Kier molecular flexibility index (Phi) is 57.0. The number of aromatic amines is 1. The number of aliphatic hydroxyl groups is 2. The lowest BCUT2D eigenvalue weighted by molar-refractivity contribution is -0.137. The van der Waals surface area contributed by atoms with Crippen LogP contribution in [-0.4, -0.2) is 259 Å². The third-order valence-corrected chi connectivity index (χ3v) is 22.4. The number of aliphatic hydroxyl groups excluding tert-OH is 2. The molecule has 0 unspecified atom stereocenters. The van der Waals surface area contributed by atoms with Crippen molar-refractivity contribution in [1.82, 2.24) is 84.7 Å². The molecule has 17 atom stereocenters. The monoisotopic (exact) mass is 1840 g/mol. The highest BCUT2D eigenvalue weighted by Gasteiger charge is 2.40. The predicted molar refractivity (Wildman–Crippen MR) is 494 cm³/mol. The Labute approximate surface area is 765 Å². The molecule has 0 aliphatic carbocycles. The molecule has 738 valence electrons. The van der Waals surface area contributed by atoms with Gasteiger partial charge in [-0.15, -0.1) is 0 Å². The van der Waals surface area contributed by atoms with E-state index >= 15 is 14.4 Å². The average Bonchev–Trinajstić information content (AvgIpc) is 1.68. The van der Waals surface area contributed by atoms with E-state index in [9.17, 15) is 72.5 Å². The highest BCUT2D eigenvalue weighted by Crippen LogP contribution is 2.22. The van der Waals surface area contributed by atoms with Gasteiger partial charge >= 0.3 is 0 Å². The van der Waals surface area contributed by atoms with Crippen molar-refractivity contribution >= 4 is 105 Å². The van der Waals surface area contributed by atoms with Gasteiger partial charge in [0.25, 0.3) is 0 Å². The van der Waals surface area contributed by atoms with Crippen molar-refractivity contribution < 1.29 is 86.9 Å². The summed E-state index contributed by atoms with van der Waals surface area (Å²) in [6.07, 6.45) is 7.25. The first-order chi connectivity index (χ1) is 61.8. The number of unbranched alkanes of at least 4 members (excludes halogenated alkanes) is 6. The molecule has 0 aliphatic rings. The Hall–Kier alpha value is -10.1. The van der Waals surface area contributed by atoms with Crippen LogP contribution in [-0.2, 0) is 83.1 Å². The SMILES string of the molecule is CC[C@H](C)[C@H](NC(=O)[C@H](CCCCN)NC(=O)[C@H](CCCCN)NC(=O)[C@H](CC(C)C)NC(=O)[C@H](CCCCN)NC(=O)[C@H](CCCCN)NC(=O)[C@H](Cc1c[nH]c2ccccc12)NC(=O)[C@H](CC(C)C)NC(=O)[C@H](CO)NC(=O)[C@H](CO)NC(=O)[C@H](CC(C)C)NC(=O)[C@H](CCCCN)NC(=O)CN)C(=O)N[C@H](C(=O)N[C@@H](C)C(=O)N[C@@H](CCCCN)C(N)=O)[C@@H](C)CC. The molecule has 0 saturated carbocycles. The first kappa shape index (κ1) is 116. The van der Waals surface area contributed by atoms with E-state index in [-0.39, 0.29) is 121 Å². The van der Waals surface area contributed by atoms with Gasteiger partial charge in [0.2, 0.25) is 94.5 Å². The number of hydrogen-bond acceptors (Lipinski definition) is 25. The van der Waals surface area contributed by atoms with Gasteiger partial charge in [-0.2, -0.15) is 0 Å². The van der Waals surface area contributed by atoms with E-state index in [4.69, 9.17) is 45.9 Å². The van der Waals surface area contributed by atoms with E-state index in [1.807, 2.05) is 0 Å². The topological polar surface area (TPSA) is 718 Å². The van der Waals surface area contributed by atoms with Gasteiger partial charge in [-0.05, 0) is 222 Å². The maximum Gasteiger partial charge on any atom is 0.245 e. The summed E-state index contributed by atoms with van der Waals surface area (Å²) >= 11 is 0. The van der Waals surface area contributed by atoms with Gasteiger partial charge in [-0.1, -0.05) is 100 Å². The molecule has 0 fully saturated rings. The minimum atomic E-state index is -1.82. The minimum absolute atomic E-state index is 0.000337. The summed E-state index contributed by atoms with van der Waals surface area (Å²) < 4.78 is 0. The van der Waals surface area contributed by atoms with Crippen LogP contribution in [0.3, 0.4) is 0 Å². The molecular weight excluding hydrogens is 1680 g/mol. The van der Waals surface area contributed by atoms with Crippen molar-refractivity contribution in [3.05, 3.63) is 36.0 Å². The van der Waals surface area contributed by atoms with Gasteiger partial charge in [0.15, 0.2) is 0 Å². The second-order valence-corrected chi connectivity index (χ2v) is 34.9. The summed E-state index contributed by atoms with van der Waals surface area (Å²) in [6.45, 7) is 18.0. The molecule has 42 nitrogen and oxygen atoms in total. The van der Waals surface area contributed by atoms with Crippen LogP contribution in [0.15, 0.2) is 30.5 Å². The third kappa shape index (κ3) is 42.9. The molecule has 1 heterocycles. The van der Waals surface area contributed by atoms with Crippen LogP contribution in [0.2, 0.25) is 0 Å². The third-order valence-electron chi connectivity index (χ3n) is 22.4. The number of amides is 16. The summed E-state index contributed by atoms with van der Waals surface area (Å²) in [5, 5.41) is 61.8. The Morgan fingerprint density at radius 1 is 0.315 bits per heavy atom. The summed E-state index contributed by atoms with van der Waals surface area (Å²) in [4.78, 5) is 230. The van der Waals surface area contributed by atoms with Gasteiger partial charge in [0.1, 0.15) is 90.6 Å². The van der Waals surface area contributed by atoms with Crippen LogP contribution in [0, 0.1) is 29.6 Å². The first-order valence-corrected chi connectivity index (χ1v) is 46.3. The Morgan fingerprint density at radius 2 is 0.585 bits per heavy atom. The number of carbonyl (C=O) groups excluding carboxylic acids is 16. The molecule has 2 aromatic rings. The molecule has 0 bridgehead atoms. The van der Waals surface area contributed by atoms with Crippen molar-refractivity contribution in [3.63, 3.8) is 0 Å². The minimum Gasteiger partial charge on any atom is -0.394 e. The first-order valence-electron chi connectivity index (χ1n) is 46.3. The van der Waals surface area contributed by atoms with Crippen LogP contribution in [0.25, 0.3) is 10.9 Å². The fourth-order valence-electron chi connectivity index (χ4n) is 14.4. The number of aromatic nitrogens is 1. The molecule has 34 N–H and O–H groups in total. The maximum atomic E-state index is 15.2. The number of benzene rings is 1. The van der Waals surface area contributed by atoms with E-state index in [0.717, 1.165) is 0 Å². The van der Waals surface area contributed by atoms with Gasteiger partial charge in [-0.25, -0.2) is 0 Å². The number of hydrogen-bond donors (Lipinski definition) is 26. The molecule has 1 aromatic carbocycles. The lowest BCUT2D eigenvalue weighted by Crippen LogP contribution is -2.62. The summed E-state index contributed by atoms with van der Waals surface area (Å²) in [5.74, 6) is -15.2. The lowest BCUT2D eigenvalue weighted by Gasteiger charge is -2.31. The van der Waals surface area contributed by atoms with Crippen molar-refractivity contribution in [1.29, 1.82) is 0 Å². The molecule has 0 aliphatic heterocycles. The summed E-state index contributed by atoms with van der Waals surface area (Å²) in [7, 11) is 0. The Balaban J connectivity index is 2.63. The quantitative estimate of drug-likeness (QED) is 0.0285. The number of primary amides is 1. The van der Waals surface area contributed by atoms with Gasteiger partial charge in [0.05, 0.1) is 19.8 Å². The highest BCUT2D eigenvalue weighted by atomic mass is 16.3. The van der Waals surface area contributed by atoms with Crippen LogP contribution < -0.4 is 126 Å². The molecule has 0 radical (unpaired) electrons. The van der Waals surface area contributed by atoms with E-state index in [1.165, 1.54) is 6.92 Å². The smallest absolute Gasteiger partial charge is 0.245 e. The van der Waals surface area contributed by atoms with E-state index in [1.54, 1.807) is 99.7 Å². The molecule has 1 aromatic heterocycles. The molecule has 0 spiro atoms. The fourth-order valence-corrected chi connectivity index (χ4v) is 14.4. The number of nitrogens with two attached hydrogens (primary N) is 8. The van der Waals surface area contributed by atoms with Gasteiger partial charge in [-0.3, -0.25) is 76.7 Å². The average molecular weight is 1840 g/mol. The van der Waals surface area contributed by atoms with E-state index in [2.05, 4.69) is 84.7 Å². The van der Waals surface area contributed by atoms with Crippen LogP contribution >= 0.6 is 0 Å². The molecule has 2 rings (SSSR count). The molecule has 130 heavy (non-hydrogen) atoms. The van der Waals surface area contributed by atoms with Crippen LogP contribution in [0.4, 0.5) is 0 Å². The molecular formula is C88H158N24O18. The van der Waals surface area contributed by atoms with Crippen LogP contribution in [0.1, 0.15) is 229 Å². The van der Waals surface area contributed by atoms with E-state index < -0.39 is 217 Å². The van der Waals surface area contributed by atoms with Crippen molar-refractivity contribution in [3.8, 4) is 0 Å². The van der Waals surface area contributed by atoms with Gasteiger partial charge in [0, 0.05) is 23.5 Å². The maximum absolute atomic E-state index is 15.2. The van der Waals surface area contributed by atoms with Crippen LogP contribution in [0.5, 0.6) is 0 Å². The number of rotatable bonds is 69. The van der Waals surface area contributed by atoms with Crippen molar-refractivity contribution in [2.24, 2.45) is 75.5 Å². The molecule has 42 heteroatoms. The van der Waals surface area contributed by atoms with Crippen molar-refractivity contribution in [2.75, 3.05) is 59.0 Å². The van der Waals surface area contributed by atoms with Crippen molar-refractivity contribution in [2.45, 2.75) is 321 Å². The fraction of sp³-hybridized carbons (Fsp3) is 0.727. The van der Waals surface area contributed by atoms with E-state index in [0.29, 0.717) is 107 Å². The zero-order chi connectivity index (χ0) is 97.7. The Bertz CT molecular complexity index is 3850. The largest absolute Gasteiger partial charge is 0.394 e. The molecule has 0 saturated heterocycles. The Morgan fingerprint density at radius 3 is 0.908 bits per heavy atom.